The lowest BCUT2D eigenvalue weighted by Crippen LogP contribution is -2.43. The van der Waals surface area contributed by atoms with Gasteiger partial charge in [0.15, 0.2) is 0 Å². The van der Waals surface area contributed by atoms with Crippen LogP contribution in [-0.2, 0) is 13.0 Å². The number of pyridine rings is 2. The molecule has 0 atom stereocenters. The Morgan fingerprint density at radius 1 is 1.20 bits per heavy atom. The minimum atomic E-state index is -0.238. The number of anilines is 1. The SMILES string of the molecule is COc1ccc2ncc(F)c(CCN3CCC(NCc4ccc5c(n4)NCCS5)CC3)c2c1.Cl.Cl. The van der Waals surface area contributed by atoms with E-state index in [1.54, 1.807) is 7.11 Å². The Balaban J connectivity index is 0.00000171. The van der Waals surface area contributed by atoms with Gasteiger partial charge in [-0.2, -0.15) is 0 Å². The van der Waals surface area contributed by atoms with Crippen LogP contribution in [0.2, 0.25) is 0 Å². The number of fused-ring (bicyclic) bond motifs is 2. The summed E-state index contributed by atoms with van der Waals surface area (Å²) in [4.78, 5) is 12.7. The number of hydrogen-bond acceptors (Lipinski definition) is 7. The van der Waals surface area contributed by atoms with Crippen LogP contribution in [0.15, 0.2) is 41.4 Å². The molecule has 0 saturated carbocycles. The highest BCUT2D eigenvalue weighted by molar-refractivity contribution is 7.99. The summed E-state index contributed by atoms with van der Waals surface area (Å²) in [6, 6.07) is 10.4. The van der Waals surface area contributed by atoms with Crippen LogP contribution in [0.1, 0.15) is 24.1 Å². The van der Waals surface area contributed by atoms with Gasteiger partial charge < -0.3 is 20.3 Å². The van der Waals surface area contributed by atoms with Gasteiger partial charge >= 0.3 is 0 Å². The van der Waals surface area contributed by atoms with Gasteiger partial charge in [0, 0.05) is 47.3 Å². The average Bonchev–Trinajstić information content (AvgIpc) is 2.87. The smallest absolute Gasteiger partial charge is 0.145 e. The molecule has 2 aliphatic heterocycles. The van der Waals surface area contributed by atoms with Crippen LogP contribution >= 0.6 is 36.6 Å². The van der Waals surface area contributed by atoms with E-state index in [0.717, 1.165) is 85.0 Å². The van der Waals surface area contributed by atoms with Crippen molar-refractivity contribution in [3.8, 4) is 5.75 Å². The average molecular weight is 541 g/mol. The number of rotatable bonds is 7. The Bertz CT molecular complexity index is 1130. The summed E-state index contributed by atoms with van der Waals surface area (Å²) in [6.07, 6.45) is 4.18. The molecule has 2 aromatic heterocycles. The summed E-state index contributed by atoms with van der Waals surface area (Å²) >= 11 is 1.87. The molecule has 35 heavy (non-hydrogen) atoms. The number of likely N-dealkylation sites (tertiary alicyclic amines) is 1. The molecule has 1 fully saturated rings. The first-order valence-corrected chi connectivity index (χ1v) is 12.6. The van der Waals surface area contributed by atoms with Gasteiger partial charge in [-0.05, 0) is 62.7 Å². The third-order valence-corrected chi connectivity index (χ3v) is 7.59. The Labute approximate surface area is 222 Å². The van der Waals surface area contributed by atoms with Gasteiger partial charge in [0.1, 0.15) is 17.4 Å². The Morgan fingerprint density at radius 2 is 2.03 bits per heavy atom. The normalized spacial score (nSPS) is 16.1. The summed E-state index contributed by atoms with van der Waals surface area (Å²) in [5.74, 6) is 2.61. The Hall–Kier alpha value is -1.84. The summed E-state index contributed by atoms with van der Waals surface area (Å²) in [5.41, 5.74) is 2.62. The first-order valence-electron chi connectivity index (χ1n) is 11.6. The van der Waals surface area contributed by atoms with Crippen molar-refractivity contribution in [3.05, 3.63) is 53.6 Å². The van der Waals surface area contributed by atoms with E-state index in [2.05, 4.69) is 32.7 Å². The maximum atomic E-state index is 14.6. The van der Waals surface area contributed by atoms with E-state index in [0.29, 0.717) is 12.5 Å². The fraction of sp³-hybridized carbons (Fsp3) is 0.440. The van der Waals surface area contributed by atoms with Crippen molar-refractivity contribution in [1.82, 2.24) is 20.2 Å². The number of thioether (sulfide) groups is 1. The third-order valence-electron chi connectivity index (χ3n) is 6.54. The molecule has 10 heteroatoms. The molecule has 1 saturated heterocycles. The molecule has 190 valence electrons. The molecule has 0 unspecified atom stereocenters. The van der Waals surface area contributed by atoms with Crippen molar-refractivity contribution in [1.29, 1.82) is 0 Å². The van der Waals surface area contributed by atoms with Crippen LogP contribution in [-0.4, -0.2) is 60.0 Å². The fourth-order valence-corrected chi connectivity index (χ4v) is 5.46. The third kappa shape index (κ3) is 6.68. The van der Waals surface area contributed by atoms with E-state index in [9.17, 15) is 4.39 Å². The standard InChI is InChI=1S/C25H30FN5OS.2ClH/c1-32-19-3-4-23-21(14-19)20(22(26)16-29-23)8-12-31-10-6-17(7-11-31)28-15-18-2-5-24-25(30-18)27-9-13-33-24;;/h2-5,14,16-17,28H,6-13,15H2,1H3,(H,27,30);2*1H. The largest absolute Gasteiger partial charge is 0.497 e. The zero-order valence-electron chi connectivity index (χ0n) is 19.8. The lowest BCUT2D eigenvalue weighted by Gasteiger charge is -2.32. The number of nitrogens with one attached hydrogen (secondary N) is 2. The highest BCUT2D eigenvalue weighted by Gasteiger charge is 2.20. The van der Waals surface area contributed by atoms with Crippen LogP contribution in [0.25, 0.3) is 10.9 Å². The molecule has 5 rings (SSSR count). The highest BCUT2D eigenvalue weighted by Crippen LogP contribution is 2.29. The van der Waals surface area contributed by atoms with E-state index < -0.39 is 0 Å². The molecule has 0 amide bonds. The summed E-state index contributed by atoms with van der Waals surface area (Å²) in [6.45, 7) is 4.64. The van der Waals surface area contributed by atoms with Crippen LogP contribution in [0.3, 0.4) is 0 Å². The second-order valence-corrected chi connectivity index (χ2v) is 9.78. The van der Waals surface area contributed by atoms with Crippen molar-refractivity contribution >= 4 is 53.3 Å². The maximum absolute atomic E-state index is 14.6. The van der Waals surface area contributed by atoms with Crippen LogP contribution < -0.4 is 15.4 Å². The van der Waals surface area contributed by atoms with Crippen molar-refractivity contribution in [2.75, 3.05) is 44.4 Å². The summed E-state index contributed by atoms with van der Waals surface area (Å²) < 4.78 is 19.9. The highest BCUT2D eigenvalue weighted by atomic mass is 35.5. The molecule has 0 spiro atoms. The molecule has 4 heterocycles. The topological polar surface area (TPSA) is 62.3 Å². The quantitative estimate of drug-likeness (QED) is 0.441. The van der Waals surface area contributed by atoms with Gasteiger partial charge in [0.2, 0.25) is 0 Å². The summed E-state index contributed by atoms with van der Waals surface area (Å²) in [7, 11) is 1.63. The number of methoxy groups -OCH3 is 1. The molecule has 0 bridgehead atoms. The van der Waals surface area contributed by atoms with Gasteiger partial charge in [0.25, 0.3) is 0 Å². The number of piperidine rings is 1. The van der Waals surface area contributed by atoms with Crippen molar-refractivity contribution < 1.29 is 9.13 Å². The number of benzene rings is 1. The monoisotopic (exact) mass is 539 g/mol. The second kappa shape index (κ2) is 12.9. The number of nitrogens with zero attached hydrogens (tertiary/aromatic N) is 3. The molecule has 2 N–H and O–H groups in total. The molecule has 2 aliphatic rings. The minimum absolute atomic E-state index is 0. The van der Waals surface area contributed by atoms with Crippen LogP contribution in [0.4, 0.5) is 10.2 Å². The van der Waals surface area contributed by atoms with E-state index >= 15 is 0 Å². The first kappa shape index (κ1) is 27.7. The van der Waals surface area contributed by atoms with Crippen LogP contribution in [0.5, 0.6) is 5.75 Å². The lowest BCUT2D eigenvalue weighted by atomic mass is 10.0. The Kier molecular flexibility index (Phi) is 10.2. The fourth-order valence-electron chi connectivity index (χ4n) is 4.62. The van der Waals surface area contributed by atoms with Gasteiger partial charge in [-0.1, -0.05) is 0 Å². The number of halogens is 3. The van der Waals surface area contributed by atoms with E-state index in [4.69, 9.17) is 9.72 Å². The zero-order valence-corrected chi connectivity index (χ0v) is 22.2. The minimum Gasteiger partial charge on any atom is -0.497 e. The number of ether oxygens (including phenoxy) is 1. The first-order chi connectivity index (χ1) is 16.2. The molecular formula is C25H32Cl2FN5OS. The predicted octanol–water partition coefficient (Wildman–Crippen LogP) is 4.94. The van der Waals surface area contributed by atoms with Crippen molar-refractivity contribution in [3.63, 3.8) is 0 Å². The second-order valence-electron chi connectivity index (χ2n) is 8.64. The molecule has 6 nitrogen and oxygen atoms in total. The lowest BCUT2D eigenvalue weighted by molar-refractivity contribution is 0.198. The van der Waals surface area contributed by atoms with E-state index in [1.165, 1.54) is 11.1 Å². The predicted molar refractivity (Wildman–Crippen MR) is 146 cm³/mol. The number of hydrogen-bond donors (Lipinski definition) is 2. The molecule has 0 aliphatic carbocycles. The molecule has 0 radical (unpaired) electrons. The van der Waals surface area contributed by atoms with Crippen molar-refractivity contribution in [2.45, 2.75) is 36.7 Å². The van der Waals surface area contributed by atoms with Gasteiger partial charge in [-0.25, -0.2) is 9.37 Å². The molecule has 3 aromatic rings. The Morgan fingerprint density at radius 3 is 2.83 bits per heavy atom. The summed E-state index contributed by atoms with van der Waals surface area (Å²) in [5, 5.41) is 7.91. The van der Waals surface area contributed by atoms with Gasteiger partial charge in [-0.15, -0.1) is 36.6 Å². The van der Waals surface area contributed by atoms with E-state index in [1.807, 2.05) is 30.0 Å². The molecule has 1 aromatic carbocycles. The van der Waals surface area contributed by atoms with E-state index in [-0.39, 0.29) is 30.6 Å². The number of aromatic nitrogens is 2. The van der Waals surface area contributed by atoms with Gasteiger partial charge in [0.05, 0.1) is 24.5 Å². The van der Waals surface area contributed by atoms with Gasteiger partial charge in [-0.3, -0.25) is 4.98 Å². The van der Waals surface area contributed by atoms with Crippen molar-refractivity contribution in [2.24, 2.45) is 0 Å². The molecular weight excluding hydrogens is 508 g/mol. The maximum Gasteiger partial charge on any atom is 0.145 e. The zero-order chi connectivity index (χ0) is 22.6. The van der Waals surface area contributed by atoms with Crippen LogP contribution in [0, 0.1) is 5.82 Å².